The van der Waals surface area contributed by atoms with E-state index in [9.17, 15) is 9.59 Å². The summed E-state index contributed by atoms with van der Waals surface area (Å²) < 4.78 is 10.7. The van der Waals surface area contributed by atoms with Gasteiger partial charge in [-0.25, -0.2) is 0 Å². The lowest BCUT2D eigenvalue weighted by atomic mass is 10.1. The van der Waals surface area contributed by atoms with Crippen molar-refractivity contribution in [3.63, 3.8) is 0 Å². The molecule has 1 aromatic heterocycles. The molecule has 3 rings (SSSR count). The third-order valence-electron chi connectivity index (χ3n) is 6.15. The molecule has 0 aliphatic heterocycles. The van der Waals surface area contributed by atoms with Crippen molar-refractivity contribution in [1.29, 1.82) is 0 Å². The molecule has 0 spiro atoms. The number of rotatable bonds is 14. The molecule has 2 aromatic carbocycles. The van der Waals surface area contributed by atoms with Crippen LogP contribution in [0.5, 0.6) is 5.75 Å². The second-order valence-corrected chi connectivity index (χ2v) is 8.65. The standard InChI is InChI=1S/C28H37N3O4/c1-4-10-27(32)30(16-9-18-34-2)21-28(33)31(20-23-11-5-8-14-26(23)35-3)17-15-22-19-29-25-13-7-6-12-24(22)25/h5-8,11-14,19,29H,4,9-10,15-18,20-21H2,1-3H3. The fourth-order valence-corrected chi connectivity index (χ4v) is 4.25. The number of fused-ring (bicyclic) bond motifs is 1. The highest BCUT2D eigenvalue weighted by Crippen LogP contribution is 2.22. The summed E-state index contributed by atoms with van der Waals surface area (Å²) in [4.78, 5) is 33.1. The molecule has 0 saturated carbocycles. The minimum Gasteiger partial charge on any atom is -0.496 e. The number of methoxy groups -OCH3 is 2. The van der Waals surface area contributed by atoms with E-state index >= 15 is 0 Å². The molecule has 1 heterocycles. The maximum absolute atomic E-state index is 13.6. The van der Waals surface area contributed by atoms with E-state index in [1.165, 1.54) is 0 Å². The van der Waals surface area contributed by atoms with Crippen LogP contribution < -0.4 is 4.74 Å². The number of H-pyrrole nitrogens is 1. The van der Waals surface area contributed by atoms with Gasteiger partial charge in [0.05, 0.1) is 13.7 Å². The lowest BCUT2D eigenvalue weighted by Crippen LogP contribution is -2.44. The summed E-state index contributed by atoms with van der Waals surface area (Å²) in [6.07, 6.45) is 4.60. The lowest BCUT2D eigenvalue weighted by Gasteiger charge is -2.28. The first-order chi connectivity index (χ1) is 17.1. The SMILES string of the molecule is CCCC(=O)N(CCCOC)CC(=O)N(CCc1c[nH]c2ccccc12)Cc1ccccc1OC. The maximum Gasteiger partial charge on any atom is 0.242 e. The number of aromatic amines is 1. The predicted octanol–water partition coefficient (Wildman–Crippen LogP) is 4.41. The average Bonchev–Trinajstić information content (AvgIpc) is 3.29. The summed E-state index contributed by atoms with van der Waals surface area (Å²) in [5.74, 6) is 0.680. The zero-order valence-corrected chi connectivity index (χ0v) is 21.1. The van der Waals surface area contributed by atoms with Crippen LogP contribution in [0.1, 0.15) is 37.3 Å². The third kappa shape index (κ3) is 7.33. The first-order valence-corrected chi connectivity index (χ1v) is 12.3. The molecule has 0 unspecified atom stereocenters. The molecule has 0 saturated heterocycles. The van der Waals surface area contributed by atoms with Crippen LogP contribution in [-0.4, -0.2) is 67.1 Å². The van der Waals surface area contributed by atoms with E-state index in [1.54, 1.807) is 19.1 Å². The number of para-hydroxylation sites is 2. The second kappa shape index (κ2) is 13.5. The number of nitrogens with zero attached hydrogens (tertiary/aromatic N) is 2. The number of nitrogens with one attached hydrogen (secondary N) is 1. The van der Waals surface area contributed by atoms with Crippen LogP contribution in [0, 0.1) is 0 Å². The molecule has 35 heavy (non-hydrogen) atoms. The second-order valence-electron chi connectivity index (χ2n) is 8.65. The molecule has 3 aromatic rings. The zero-order valence-electron chi connectivity index (χ0n) is 21.1. The normalized spacial score (nSPS) is 10.9. The summed E-state index contributed by atoms with van der Waals surface area (Å²) in [6, 6.07) is 15.9. The van der Waals surface area contributed by atoms with Crippen LogP contribution in [0.2, 0.25) is 0 Å². The van der Waals surface area contributed by atoms with Crippen LogP contribution in [0.15, 0.2) is 54.7 Å². The maximum atomic E-state index is 13.6. The van der Waals surface area contributed by atoms with Gasteiger partial charge in [0.2, 0.25) is 11.8 Å². The highest BCUT2D eigenvalue weighted by Gasteiger charge is 2.22. The van der Waals surface area contributed by atoms with Gasteiger partial charge in [-0.1, -0.05) is 43.3 Å². The molecular weight excluding hydrogens is 442 g/mol. The van der Waals surface area contributed by atoms with Crippen LogP contribution in [-0.2, 0) is 27.3 Å². The largest absolute Gasteiger partial charge is 0.496 e. The number of hydrogen-bond donors (Lipinski definition) is 1. The smallest absolute Gasteiger partial charge is 0.242 e. The van der Waals surface area contributed by atoms with E-state index in [1.807, 2.05) is 60.5 Å². The third-order valence-corrected chi connectivity index (χ3v) is 6.15. The van der Waals surface area contributed by atoms with Gasteiger partial charge in [0, 0.05) is 62.4 Å². The van der Waals surface area contributed by atoms with Crippen LogP contribution >= 0.6 is 0 Å². The van der Waals surface area contributed by atoms with Crippen LogP contribution in [0.25, 0.3) is 10.9 Å². The summed E-state index contributed by atoms with van der Waals surface area (Å²) in [5, 5.41) is 1.16. The molecule has 7 heteroatoms. The number of benzene rings is 2. The number of carbonyl (C=O) groups is 2. The van der Waals surface area contributed by atoms with Gasteiger partial charge in [-0.15, -0.1) is 0 Å². The zero-order chi connectivity index (χ0) is 25.0. The van der Waals surface area contributed by atoms with Crippen molar-refractivity contribution in [2.24, 2.45) is 0 Å². The summed E-state index contributed by atoms with van der Waals surface area (Å²) >= 11 is 0. The van der Waals surface area contributed by atoms with Gasteiger partial charge >= 0.3 is 0 Å². The first kappa shape index (κ1) is 26.3. The number of carbonyl (C=O) groups excluding carboxylic acids is 2. The van der Waals surface area contributed by atoms with Crippen molar-refractivity contribution in [2.45, 2.75) is 39.2 Å². The van der Waals surface area contributed by atoms with Crippen molar-refractivity contribution >= 4 is 22.7 Å². The topological polar surface area (TPSA) is 74.9 Å². The monoisotopic (exact) mass is 479 g/mol. The van der Waals surface area contributed by atoms with Crippen molar-refractivity contribution in [3.05, 3.63) is 65.9 Å². The molecule has 7 nitrogen and oxygen atoms in total. The molecule has 0 radical (unpaired) electrons. The summed E-state index contributed by atoms with van der Waals surface area (Å²) in [7, 11) is 3.28. The molecular formula is C28H37N3O4. The Morgan fingerprint density at radius 1 is 0.914 bits per heavy atom. The van der Waals surface area contributed by atoms with Gasteiger partial charge in [0.25, 0.3) is 0 Å². The first-order valence-electron chi connectivity index (χ1n) is 12.3. The summed E-state index contributed by atoms with van der Waals surface area (Å²) in [5.41, 5.74) is 3.19. The number of aromatic nitrogens is 1. The Kier molecular flexibility index (Phi) is 10.2. The molecule has 188 valence electrons. The molecule has 0 aliphatic carbocycles. The van der Waals surface area contributed by atoms with E-state index in [4.69, 9.17) is 9.47 Å². The van der Waals surface area contributed by atoms with Gasteiger partial charge < -0.3 is 24.3 Å². The van der Waals surface area contributed by atoms with E-state index in [0.29, 0.717) is 45.5 Å². The molecule has 0 fully saturated rings. The molecule has 2 amide bonds. The number of ether oxygens (including phenoxy) is 2. The fraction of sp³-hybridized carbons (Fsp3) is 0.429. The predicted molar refractivity (Wildman–Crippen MR) is 138 cm³/mol. The fourth-order valence-electron chi connectivity index (χ4n) is 4.25. The van der Waals surface area contributed by atoms with Crippen molar-refractivity contribution in [3.8, 4) is 5.75 Å². The van der Waals surface area contributed by atoms with Crippen LogP contribution in [0.4, 0.5) is 0 Å². The van der Waals surface area contributed by atoms with Gasteiger partial charge in [-0.2, -0.15) is 0 Å². The Morgan fingerprint density at radius 2 is 1.69 bits per heavy atom. The number of amides is 2. The van der Waals surface area contributed by atoms with Gasteiger partial charge in [0.15, 0.2) is 0 Å². The highest BCUT2D eigenvalue weighted by molar-refractivity contribution is 5.85. The average molecular weight is 480 g/mol. The van der Waals surface area contributed by atoms with E-state index in [0.717, 1.165) is 34.2 Å². The van der Waals surface area contributed by atoms with Gasteiger partial charge in [-0.05, 0) is 37.0 Å². The lowest BCUT2D eigenvalue weighted by molar-refractivity contribution is -0.141. The van der Waals surface area contributed by atoms with Gasteiger partial charge in [-0.3, -0.25) is 9.59 Å². The molecule has 0 aliphatic rings. The Hall–Kier alpha value is -3.32. The van der Waals surface area contributed by atoms with E-state index < -0.39 is 0 Å². The van der Waals surface area contributed by atoms with Crippen LogP contribution in [0.3, 0.4) is 0 Å². The van der Waals surface area contributed by atoms with Gasteiger partial charge in [0.1, 0.15) is 5.75 Å². The number of hydrogen-bond acceptors (Lipinski definition) is 4. The Labute approximate surface area is 208 Å². The minimum atomic E-state index is -0.0717. The van der Waals surface area contributed by atoms with Crippen molar-refractivity contribution < 1.29 is 19.1 Å². The van der Waals surface area contributed by atoms with E-state index in [2.05, 4.69) is 11.1 Å². The highest BCUT2D eigenvalue weighted by atomic mass is 16.5. The molecule has 0 atom stereocenters. The Bertz CT molecular complexity index is 1090. The Morgan fingerprint density at radius 3 is 2.46 bits per heavy atom. The molecule has 1 N–H and O–H groups in total. The Balaban J connectivity index is 1.79. The summed E-state index contributed by atoms with van der Waals surface area (Å²) in [6.45, 7) is 4.04. The minimum absolute atomic E-state index is 0.00539. The quantitative estimate of drug-likeness (QED) is 0.348. The van der Waals surface area contributed by atoms with Crippen molar-refractivity contribution in [1.82, 2.24) is 14.8 Å². The van der Waals surface area contributed by atoms with E-state index in [-0.39, 0.29) is 18.4 Å². The van der Waals surface area contributed by atoms with Crippen molar-refractivity contribution in [2.75, 3.05) is 40.5 Å². The molecule has 0 bridgehead atoms.